The Kier molecular flexibility index (Phi) is 4.27. The van der Waals surface area contributed by atoms with E-state index < -0.39 is 46.2 Å². The highest BCUT2D eigenvalue weighted by molar-refractivity contribution is 6.11. The SMILES string of the molecule is CC(C)(O)[C@@H]1C(=O)N2C(C(=O)OCc3ccc([N+](=O)[O-])cc3)C(=O)C[C@H]12. The Bertz CT molecular complexity index is 781. The van der Waals surface area contributed by atoms with Crippen LogP contribution in [-0.4, -0.2) is 50.3 Å². The van der Waals surface area contributed by atoms with Gasteiger partial charge in [-0.25, -0.2) is 4.79 Å². The summed E-state index contributed by atoms with van der Waals surface area (Å²) in [4.78, 5) is 48.0. The van der Waals surface area contributed by atoms with Gasteiger partial charge in [0.2, 0.25) is 5.91 Å². The molecule has 1 aromatic rings. The number of ketones is 1. The first-order valence-corrected chi connectivity index (χ1v) is 8.08. The third-order valence-electron chi connectivity index (χ3n) is 4.77. The van der Waals surface area contributed by atoms with Gasteiger partial charge >= 0.3 is 5.97 Å². The van der Waals surface area contributed by atoms with E-state index in [0.717, 1.165) is 0 Å². The Morgan fingerprint density at radius 1 is 1.35 bits per heavy atom. The largest absolute Gasteiger partial charge is 0.459 e. The van der Waals surface area contributed by atoms with E-state index in [2.05, 4.69) is 0 Å². The van der Waals surface area contributed by atoms with Crippen molar-refractivity contribution in [3.8, 4) is 0 Å². The number of esters is 1. The third-order valence-corrected chi connectivity index (χ3v) is 4.77. The molecule has 2 saturated heterocycles. The zero-order valence-corrected chi connectivity index (χ0v) is 14.2. The molecule has 0 saturated carbocycles. The summed E-state index contributed by atoms with van der Waals surface area (Å²) in [5.41, 5.74) is -0.830. The standard InChI is InChI=1S/C17H18N2O7/c1-17(2,23)13-11-7-12(20)14(18(11)15(13)21)16(22)26-8-9-3-5-10(6-4-9)19(24)25/h3-6,11,13-14,23H,7-8H2,1-2H3/t11-,13+,14?/m1/s1. The van der Waals surface area contributed by atoms with Gasteiger partial charge in [0.25, 0.3) is 5.69 Å². The van der Waals surface area contributed by atoms with Crippen LogP contribution in [0.3, 0.4) is 0 Å². The molecule has 2 aliphatic heterocycles. The average molecular weight is 362 g/mol. The van der Waals surface area contributed by atoms with Crippen molar-refractivity contribution in [3.05, 3.63) is 39.9 Å². The predicted octanol–water partition coefficient (Wildman–Crippen LogP) is 0.577. The van der Waals surface area contributed by atoms with Crippen molar-refractivity contribution >= 4 is 23.3 Å². The Hall–Kier alpha value is -2.81. The van der Waals surface area contributed by atoms with E-state index in [1.165, 1.54) is 43.0 Å². The zero-order valence-electron chi connectivity index (χ0n) is 14.2. The Morgan fingerprint density at radius 2 is 1.96 bits per heavy atom. The second-order valence-electron chi connectivity index (χ2n) is 7.05. The average Bonchev–Trinajstić information content (AvgIpc) is 2.84. The molecule has 1 N–H and O–H groups in total. The summed E-state index contributed by atoms with van der Waals surface area (Å²) in [6.07, 6.45) is 0.0116. The minimum absolute atomic E-state index is 0.0116. The van der Waals surface area contributed by atoms with Crippen LogP contribution in [0.2, 0.25) is 0 Å². The molecule has 9 nitrogen and oxygen atoms in total. The lowest BCUT2D eigenvalue weighted by Gasteiger charge is -2.48. The Balaban J connectivity index is 1.64. The van der Waals surface area contributed by atoms with Crippen LogP contribution in [0.15, 0.2) is 24.3 Å². The number of hydrogen-bond acceptors (Lipinski definition) is 7. The normalized spacial score (nSPS) is 24.9. The maximum Gasteiger partial charge on any atom is 0.337 e. The first kappa shape index (κ1) is 18.0. The van der Waals surface area contributed by atoms with E-state index in [-0.39, 0.29) is 18.7 Å². The summed E-state index contributed by atoms with van der Waals surface area (Å²) >= 11 is 0. The number of carbonyl (C=O) groups excluding carboxylic acids is 3. The molecule has 2 heterocycles. The molecule has 2 aliphatic rings. The van der Waals surface area contributed by atoms with Gasteiger partial charge in [-0.2, -0.15) is 0 Å². The number of nitro benzene ring substituents is 1. The van der Waals surface area contributed by atoms with Gasteiger partial charge in [0.1, 0.15) is 6.61 Å². The van der Waals surface area contributed by atoms with E-state index in [0.29, 0.717) is 5.56 Å². The number of amides is 1. The minimum Gasteiger partial charge on any atom is -0.459 e. The van der Waals surface area contributed by atoms with E-state index in [1.54, 1.807) is 0 Å². The van der Waals surface area contributed by atoms with E-state index in [4.69, 9.17) is 4.74 Å². The number of aliphatic hydroxyl groups is 1. The number of hydrogen-bond donors (Lipinski definition) is 1. The van der Waals surface area contributed by atoms with Gasteiger partial charge in [-0.1, -0.05) is 0 Å². The van der Waals surface area contributed by atoms with Crippen LogP contribution in [-0.2, 0) is 25.7 Å². The molecule has 2 fully saturated rings. The molecule has 0 aliphatic carbocycles. The number of nitrogens with zero attached hydrogens (tertiary/aromatic N) is 2. The number of Topliss-reactive ketones (excluding diaryl/α,β-unsaturated/α-hetero) is 1. The number of carbonyl (C=O) groups is 3. The zero-order chi connectivity index (χ0) is 19.2. The van der Waals surface area contributed by atoms with E-state index in [1.807, 2.05) is 0 Å². The van der Waals surface area contributed by atoms with Gasteiger partial charge in [0.05, 0.1) is 22.5 Å². The predicted molar refractivity (Wildman–Crippen MR) is 86.7 cm³/mol. The van der Waals surface area contributed by atoms with E-state index >= 15 is 0 Å². The van der Waals surface area contributed by atoms with Gasteiger partial charge in [0, 0.05) is 18.6 Å². The highest BCUT2D eigenvalue weighted by Gasteiger charge is 2.63. The van der Waals surface area contributed by atoms with Crippen molar-refractivity contribution in [1.29, 1.82) is 0 Å². The number of non-ortho nitro benzene ring substituents is 1. The van der Waals surface area contributed by atoms with Crippen molar-refractivity contribution in [2.75, 3.05) is 0 Å². The van der Waals surface area contributed by atoms with Gasteiger partial charge in [-0.3, -0.25) is 19.7 Å². The van der Waals surface area contributed by atoms with Crippen molar-refractivity contribution in [1.82, 2.24) is 4.90 Å². The Morgan fingerprint density at radius 3 is 2.50 bits per heavy atom. The van der Waals surface area contributed by atoms with Crippen LogP contribution >= 0.6 is 0 Å². The smallest absolute Gasteiger partial charge is 0.337 e. The Labute approximate surface area is 148 Å². The summed E-state index contributed by atoms with van der Waals surface area (Å²) in [6.45, 7) is 2.83. The molecule has 26 heavy (non-hydrogen) atoms. The molecule has 1 amide bonds. The van der Waals surface area contributed by atoms with Crippen molar-refractivity contribution in [3.63, 3.8) is 0 Å². The summed E-state index contributed by atoms with van der Waals surface area (Å²) in [7, 11) is 0. The molecule has 1 aromatic carbocycles. The molecule has 1 unspecified atom stereocenters. The van der Waals surface area contributed by atoms with Crippen LogP contribution < -0.4 is 0 Å². The van der Waals surface area contributed by atoms with Crippen molar-refractivity contribution in [2.45, 2.75) is 44.6 Å². The van der Waals surface area contributed by atoms with Crippen molar-refractivity contribution in [2.24, 2.45) is 5.92 Å². The third kappa shape index (κ3) is 2.94. The fraction of sp³-hybridized carbons (Fsp3) is 0.471. The molecule has 3 rings (SSSR count). The lowest BCUT2D eigenvalue weighted by Crippen LogP contribution is -2.67. The van der Waals surface area contributed by atoms with Crippen LogP contribution in [0.5, 0.6) is 0 Å². The number of benzene rings is 1. The van der Waals surface area contributed by atoms with Gasteiger partial charge < -0.3 is 14.7 Å². The molecule has 138 valence electrons. The maximum absolute atomic E-state index is 12.3. The molecule has 0 spiro atoms. The lowest BCUT2D eigenvalue weighted by molar-refractivity contribution is -0.384. The summed E-state index contributed by atoms with van der Waals surface area (Å²) in [5.74, 6) is -2.40. The van der Waals surface area contributed by atoms with Crippen LogP contribution in [0, 0.1) is 16.0 Å². The first-order valence-electron chi connectivity index (χ1n) is 8.08. The second kappa shape index (κ2) is 6.17. The number of fused-ring (bicyclic) bond motifs is 1. The molecule has 3 atom stereocenters. The van der Waals surface area contributed by atoms with Crippen LogP contribution in [0.25, 0.3) is 0 Å². The first-order chi connectivity index (χ1) is 12.1. The molecule has 0 aromatic heterocycles. The molecular weight excluding hydrogens is 344 g/mol. The fourth-order valence-electron chi connectivity index (χ4n) is 3.54. The molecule has 9 heteroatoms. The van der Waals surface area contributed by atoms with Crippen LogP contribution in [0.4, 0.5) is 5.69 Å². The van der Waals surface area contributed by atoms with Crippen molar-refractivity contribution < 1.29 is 29.2 Å². The fourth-order valence-corrected chi connectivity index (χ4v) is 3.54. The van der Waals surface area contributed by atoms with Gasteiger partial charge in [-0.15, -0.1) is 0 Å². The number of rotatable bonds is 5. The highest BCUT2D eigenvalue weighted by atomic mass is 16.6. The van der Waals surface area contributed by atoms with Gasteiger partial charge in [0.15, 0.2) is 11.8 Å². The maximum atomic E-state index is 12.3. The van der Waals surface area contributed by atoms with E-state index in [9.17, 15) is 29.6 Å². The number of β-lactam (4-membered cyclic amide) rings is 1. The summed E-state index contributed by atoms with van der Waals surface area (Å²) in [5, 5.41) is 20.7. The van der Waals surface area contributed by atoms with Crippen LogP contribution in [0.1, 0.15) is 25.8 Å². The molecule has 0 bridgehead atoms. The minimum atomic E-state index is -1.29. The lowest BCUT2D eigenvalue weighted by atomic mass is 9.76. The number of ether oxygens (including phenoxy) is 1. The molecular formula is C17H18N2O7. The summed E-state index contributed by atoms with van der Waals surface area (Å²) < 4.78 is 5.12. The monoisotopic (exact) mass is 362 g/mol. The number of nitro groups is 1. The van der Waals surface area contributed by atoms with Gasteiger partial charge in [-0.05, 0) is 31.5 Å². The highest BCUT2D eigenvalue weighted by Crippen LogP contribution is 2.43. The molecule has 0 radical (unpaired) electrons. The second-order valence-corrected chi connectivity index (χ2v) is 7.05. The topological polar surface area (TPSA) is 127 Å². The summed E-state index contributed by atoms with van der Waals surface area (Å²) in [6, 6.07) is 3.68. The quantitative estimate of drug-likeness (QED) is 0.267.